The standard InChI is InChI=1S/C25H34O3/c1-7-9-17-21(26)13-11-19(23(17)15(3)4)25(28)20-12-14-22(27)18(10-8-2)24(20)16(5)6/h11-16,26-27H,7-10H2,1-6H3. The van der Waals surface area contributed by atoms with Crippen LogP contribution in [0.25, 0.3) is 0 Å². The third-order valence-electron chi connectivity index (χ3n) is 5.31. The predicted molar refractivity (Wildman–Crippen MR) is 116 cm³/mol. The summed E-state index contributed by atoms with van der Waals surface area (Å²) in [5, 5.41) is 20.8. The number of benzene rings is 2. The van der Waals surface area contributed by atoms with Crippen LogP contribution in [-0.4, -0.2) is 16.0 Å². The summed E-state index contributed by atoms with van der Waals surface area (Å²) in [5.41, 5.74) is 4.94. The van der Waals surface area contributed by atoms with Gasteiger partial charge in [0.25, 0.3) is 0 Å². The van der Waals surface area contributed by atoms with Crippen LogP contribution in [-0.2, 0) is 12.8 Å². The summed E-state index contributed by atoms with van der Waals surface area (Å²) < 4.78 is 0. The van der Waals surface area contributed by atoms with E-state index in [2.05, 4.69) is 41.5 Å². The zero-order valence-electron chi connectivity index (χ0n) is 18.1. The van der Waals surface area contributed by atoms with Gasteiger partial charge in [-0.3, -0.25) is 4.79 Å². The normalized spacial score (nSPS) is 11.4. The summed E-state index contributed by atoms with van der Waals surface area (Å²) in [4.78, 5) is 13.7. The van der Waals surface area contributed by atoms with Gasteiger partial charge in [-0.2, -0.15) is 0 Å². The number of hydrogen-bond donors (Lipinski definition) is 2. The van der Waals surface area contributed by atoms with Crippen LogP contribution >= 0.6 is 0 Å². The minimum atomic E-state index is -0.0258. The Kier molecular flexibility index (Phi) is 7.29. The van der Waals surface area contributed by atoms with E-state index in [0.717, 1.165) is 47.9 Å². The minimum Gasteiger partial charge on any atom is -0.508 e. The van der Waals surface area contributed by atoms with E-state index in [4.69, 9.17) is 0 Å². The molecule has 28 heavy (non-hydrogen) atoms. The zero-order valence-corrected chi connectivity index (χ0v) is 18.1. The molecule has 0 saturated heterocycles. The molecule has 0 atom stereocenters. The maximum atomic E-state index is 13.7. The Bertz CT molecular complexity index is 778. The number of rotatable bonds is 8. The topological polar surface area (TPSA) is 57.5 Å². The van der Waals surface area contributed by atoms with Crippen molar-refractivity contribution < 1.29 is 15.0 Å². The lowest BCUT2D eigenvalue weighted by Gasteiger charge is -2.22. The Labute approximate surface area is 169 Å². The molecule has 0 saturated carbocycles. The van der Waals surface area contributed by atoms with E-state index in [-0.39, 0.29) is 29.1 Å². The fraction of sp³-hybridized carbons (Fsp3) is 0.480. The molecule has 2 aromatic rings. The molecular formula is C25H34O3. The monoisotopic (exact) mass is 382 g/mol. The molecule has 0 spiro atoms. The van der Waals surface area contributed by atoms with Crippen LogP contribution in [0.1, 0.15) is 104 Å². The molecule has 3 nitrogen and oxygen atoms in total. The van der Waals surface area contributed by atoms with Gasteiger partial charge in [-0.15, -0.1) is 0 Å². The average Bonchev–Trinajstić information content (AvgIpc) is 2.64. The van der Waals surface area contributed by atoms with Crippen LogP contribution in [0.3, 0.4) is 0 Å². The van der Waals surface area contributed by atoms with Gasteiger partial charge in [0.15, 0.2) is 5.78 Å². The molecule has 152 valence electrons. The van der Waals surface area contributed by atoms with Gasteiger partial charge in [-0.25, -0.2) is 0 Å². The fourth-order valence-corrected chi connectivity index (χ4v) is 4.19. The van der Waals surface area contributed by atoms with Gasteiger partial charge in [0.2, 0.25) is 0 Å². The highest BCUT2D eigenvalue weighted by atomic mass is 16.3. The summed E-state index contributed by atoms with van der Waals surface area (Å²) in [7, 11) is 0. The van der Waals surface area contributed by atoms with Gasteiger partial charge in [-0.1, -0.05) is 54.4 Å². The number of hydrogen-bond acceptors (Lipinski definition) is 3. The molecule has 0 aliphatic rings. The van der Waals surface area contributed by atoms with Crippen LogP contribution < -0.4 is 0 Å². The number of phenols is 2. The quantitative estimate of drug-likeness (QED) is 0.514. The van der Waals surface area contributed by atoms with Crippen molar-refractivity contribution in [2.75, 3.05) is 0 Å². The second kappa shape index (κ2) is 9.27. The van der Waals surface area contributed by atoms with Gasteiger partial charge in [-0.05, 0) is 71.2 Å². The molecule has 3 heteroatoms. The molecule has 0 aromatic heterocycles. The van der Waals surface area contributed by atoms with Crippen molar-refractivity contribution in [1.82, 2.24) is 0 Å². The number of aromatic hydroxyl groups is 2. The Balaban J connectivity index is 2.74. The minimum absolute atomic E-state index is 0.0258. The second-order valence-corrected chi connectivity index (χ2v) is 8.19. The molecule has 0 heterocycles. The van der Waals surface area contributed by atoms with E-state index < -0.39 is 0 Å². The van der Waals surface area contributed by atoms with Crippen molar-refractivity contribution in [2.45, 2.75) is 79.1 Å². The maximum Gasteiger partial charge on any atom is 0.193 e. The van der Waals surface area contributed by atoms with Crippen molar-refractivity contribution in [2.24, 2.45) is 0 Å². The number of phenolic OH excluding ortho intramolecular Hbond substituents is 2. The fourth-order valence-electron chi connectivity index (χ4n) is 4.19. The molecule has 0 aliphatic carbocycles. The van der Waals surface area contributed by atoms with Gasteiger partial charge < -0.3 is 10.2 Å². The first-order valence-corrected chi connectivity index (χ1v) is 10.5. The average molecular weight is 383 g/mol. The molecule has 0 unspecified atom stereocenters. The molecule has 2 aromatic carbocycles. The second-order valence-electron chi connectivity index (χ2n) is 8.19. The summed E-state index contributed by atoms with van der Waals surface area (Å²) in [6.45, 7) is 12.4. The van der Waals surface area contributed by atoms with E-state index in [1.165, 1.54) is 0 Å². The van der Waals surface area contributed by atoms with Crippen LogP contribution in [0, 0.1) is 0 Å². The third kappa shape index (κ3) is 4.24. The maximum absolute atomic E-state index is 13.7. The largest absolute Gasteiger partial charge is 0.508 e. The summed E-state index contributed by atoms with van der Waals surface area (Å²) in [5.74, 6) is 0.763. The smallest absolute Gasteiger partial charge is 0.193 e. The predicted octanol–water partition coefficient (Wildman–Crippen LogP) is 6.48. The summed E-state index contributed by atoms with van der Waals surface area (Å²) in [6.07, 6.45) is 3.30. The highest BCUT2D eigenvalue weighted by molar-refractivity contribution is 6.11. The molecular weight excluding hydrogens is 348 g/mol. The first kappa shape index (κ1) is 22.0. The van der Waals surface area contributed by atoms with Crippen LogP contribution in [0.15, 0.2) is 24.3 Å². The van der Waals surface area contributed by atoms with Crippen molar-refractivity contribution in [3.05, 3.63) is 57.6 Å². The molecule has 0 amide bonds. The lowest BCUT2D eigenvalue weighted by molar-refractivity contribution is 0.103. The first-order valence-electron chi connectivity index (χ1n) is 10.5. The van der Waals surface area contributed by atoms with Crippen LogP contribution in [0.2, 0.25) is 0 Å². The molecule has 2 N–H and O–H groups in total. The van der Waals surface area contributed by atoms with Gasteiger partial charge >= 0.3 is 0 Å². The van der Waals surface area contributed by atoms with Crippen LogP contribution in [0.5, 0.6) is 11.5 Å². The highest BCUT2D eigenvalue weighted by Gasteiger charge is 2.25. The van der Waals surface area contributed by atoms with Crippen LogP contribution in [0.4, 0.5) is 0 Å². The Morgan fingerprint density at radius 1 is 0.750 bits per heavy atom. The van der Waals surface area contributed by atoms with Crippen molar-refractivity contribution in [3.8, 4) is 11.5 Å². The van der Waals surface area contributed by atoms with E-state index in [1.807, 2.05) is 0 Å². The van der Waals surface area contributed by atoms with E-state index in [0.29, 0.717) is 11.1 Å². The number of carbonyl (C=O) groups is 1. The van der Waals surface area contributed by atoms with Crippen molar-refractivity contribution in [1.29, 1.82) is 0 Å². The zero-order chi connectivity index (χ0) is 21.0. The number of ketones is 1. The van der Waals surface area contributed by atoms with Crippen molar-refractivity contribution in [3.63, 3.8) is 0 Å². The Morgan fingerprint density at radius 3 is 1.39 bits per heavy atom. The van der Waals surface area contributed by atoms with Crippen molar-refractivity contribution >= 4 is 5.78 Å². The molecule has 0 fully saturated rings. The highest BCUT2D eigenvalue weighted by Crippen LogP contribution is 2.36. The molecule has 0 bridgehead atoms. The van der Waals surface area contributed by atoms with Gasteiger partial charge in [0, 0.05) is 11.1 Å². The SMILES string of the molecule is CCCc1c(O)ccc(C(=O)c2ccc(O)c(CCC)c2C(C)C)c1C(C)C. The van der Waals surface area contributed by atoms with Gasteiger partial charge in [0.1, 0.15) is 11.5 Å². The van der Waals surface area contributed by atoms with E-state index >= 15 is 0 Å². The van der Waals surface area contributed by atoms with E-state index in [1.54, 1.807) is 24.3 Å². The lowest BCUT2D eigenvalue weighted by atomic mass is 9.82. The Morgan fingerprint density at radius 2 is 1.11 bits per heavy atom. The third-order valence-corrected chi connectivity index (χ3v) is 5.31. The van der Waals surface area contributed by atoms with Gasteiger partial charge in [0.05, 0.1) is 0 Å². The lowest BCUT2D eigenvalue weighted by Crippen LogP contribution is -2.14. The van der Waals surface area contributed by atoms with E-state index in [9.17, 15) is 15.0 Å². The molecule has 0 radical (unpaired) electrons. The number of carbonyl (C=O) groups excluding carboxylic acids is 1. The first-order chi connectivity index (χ1) is 13.2. The molecule has 2 rings (SSSR count). The summed E-state index contributed by atoms with van der Waals surface area (Å²) in [6, 6.07) is 6.80. The molecule has 0 aliphatic heterocycles. The summed E-state index contributed by atoms with van der Waals surface area (Å²) >= 11 is 0. The Hall–Kier alpha value is -2.29.